The van der Waals surface area contributed by atoms with E-state index in [1.54, 1.807) is 0 Å². The van der Waals surface area contributed by atoms with Crippen molar-refractivity contribution in [2.24, 2.45) is 0 Å². The topological polar surface area (TPSA) is 77.5 Å². The number of nitrogens with two attached hydrogens (primary N) is 1. The SMILES string of the molecule is Cc1nc2ccccc2n1CCc1n[nH]c(=S)n1N. The molecule has 0 bridgehead atoms. The number of H-pyrrole nitrogens is 1. The van der Waals surface area contributed by atoms with Crippen LogP contribution in [0.4, 0.5) is 0 Å². The van der Waals surface area contributed by atoms with Crippen LogP contribution < -0.4 is 5.84 Å². The van der Waals surface area contributed by atoms with Gasteiger partial charge in [-0.1, -0.05) is 12.1 Å². The van der Waals surface area contributed by atoms with Gasteiger partial charge in [-0.05, 0) is 31.3 Å². The van der Waals surface area contributed by atoms with Gasteiger partial charge in [0.2, 0.25) is 4.77 Å². The Morgan fingerprint density at radius 1 is 1.37 bits per heavy atom. The molecule has 6 nitrogen and oxygen atoms in total. The third-order valence-electron chi connectivity index (χ3n) is 3.18. The molecule has 0 spiro atoms. The molecule has 3 aromatic rings. The number of hydrogen-bond acceptors (Lipinski definition) is 4. The van der Waals surface area contributed by atoms with E-state index in [2.05, 4.69) is 25.8 Å². The van der Waals surface area contributed by atoms with Crippen molar-refractivity contribution in [1.82, 2.24) is 24.4 Å². The molecule has 0 radical (unpaired) electrons. The van der Waals surface area contributed by atoms with Crippen molar-refractivity contribution in [3.05, 3.63) is 40.7 Å². The zero-order chi connectivity index (χ0) is 13.4. The maximum absolute atomic E-state index is 5.79. The number of nitrogens with zero attached hydrogens (tertiary/aromatic N) is 4. The fourth-order valence-corrected chi connectivity index (χ4v) is 2.35. The third-order valence-corrected chi connectivity index (χ3v) is 3.47. The number of aromatic amines is 1. The van der Waals surface area contributed by atoms with Crippen LogP contribution in [0.3, 0.4) is 0 Å². The van der Waals surface area contributed by atoms with Gasteiger partial charge in [0.15, 0.2) is 5.82 Å². The van der Waals surface area contributed by atoms with Gasteiger partial charge in [0.25, 0.3) is 0 Å². The molecule has 0 aliphatic rings. The summed E-state index contributed by atoms with van der Waals surface area (Å²) in [5.41, 5.74) is 2.13. The first-order chi connectivity index (χ1) is 9.16. The number of hydrogen-bond donors (Lipinski definition) is 2. The summed E-state index contributed by atoms with van der Waals surface area (Å²) >= 11 is 4.99. The molecular weight excluding hydrogens is 260 g/mol. The van der Waals surface area contributed by atoms with Gasteiger partial charge < -0.3 is 10.4 Å². The Balaban J connectivity index is 1.92. The van der Waals surface area contributed by atoms with Gasteiger partial charge in [-0.25, -0.2) is 9.66 Å². The van der Waals surface area contributed by atoms with Gasteiger partial charge in [-0.2, -0.15) is 5.10 Å². The van der Waals surface area contributed by atoms with Gasteiger partial charge in [-0.3, -0.25) is 5.10 Å². The van der Waals surface area contributed by atoms with Crippen LogP contribution in [0.15, 0.2) is 24.3 Å². The van der Waals surface area contributed by atoms with E-state index in [9.17, 15) is 0 Å². The average molecular weight is 274 g/mol. The zero-order valence-electron chi connectivity index (χ0n) is 10.5. The highest BCUT2D eigenvalue weighted by molar-refractivity contribution is 7.71. The van der Waals surface area contributed by atoms with Gasteiger partial charge in [-0.15, -0.1) is 0 Å². The fraction of sp³-hybridized carbons (Fsp3) is 0.250. The van der Waals surface area contributed by atoms with Gasteiger partial charge in [0.05, 0.1) is 11.0 Å². The molecule has 0 atom stereocenters. The number of aromatic nitrogens is 5. The minimum atomic E-state index is 0.433. The van der Waals surface area contributed by atoms with Crippen LogP contribution in [0.25, 0.3) is 11.0 Å². The summed E-state index contributed by atoms with van der Waals surface area (Å²) in [5.74, 6) is 7.51. The minimum absolute atomic E-state index is 0.433. The van der Waals surface area contributed by atoms with E-state index in [0.29, 0.717) is 11.2 Å². The van der Waals surface area contributed by atoms with Crippen molar-refractivity contribution in [3.63, 3.8) is 0 Å². The largest absolute Gasteiger partial charge is 0.335 e. The number of aryl methyl sites for hydroxylation is 3. The Morgan fingerprint density at radius 2 is 2.16 bits per heavy atom. The van der Waals surface area contributed by atoms with Crippen molar-refractivity contribution >= 4 is 23.3 Å². The first-order valence-electron chi connectivity index (χ1n) is 6.00. The number of nitrogen functional groups attached to an aromatic ring is 1. The highest BCUT2D eigenvalue weighted by Gasteiger charge is 2.08. The number of para-hydroxylation sites is 2. The van der Waals surface area contributed by atoms with Crippen LogP contribution in [-0.4, -0.2) is 24.4 Å². The van der Waals surface area contributed by atoms with Crippen molar-refractivity contribution in [2.45, 2.75) is 19.9 Å². The highest BCUT2D eigenvalue weighted by atomic mass is 32.1. The predicted octanol–water partition coefficient (Wildman–Crippen LogP) is 1.56. The van der Waals surface area contributed by atoms with Crippen molar-refractivity contribution in [3.8, 4) is 0 Å². The third kappa shape index (κ3) is 2.01. The Morgan fingerprint density at radius 3 is 2.89 bits per heavy atom. The van der Waals surface area contributed by atoms with E-state index in [1.165, 1.54) is 4.68 Å². The molecule has 98 valence electrons. The van der Waals surface area contributed by atoms with E-state index in [-0.39, 0.29) is 0 Å². The average Bonchev–Trinajstić information content (AvgIpc) is 2.89. The number of imidazole rings is 1. The van der Waals surface area contributed by atoms with Gasteiger partial charge in [0, 0.05) is 13.0 Å². The summed E-state index contributed by atoms with van der Waals surface area (Å²) in [6, 6.07) is 8.08. The molecule has 1 aromatic carbocycles. The van der Waals surface area contributed by atoms with E-state index in [0.717, 1.165) is 29.2 Å². The first-order valence-corrected chi connectivity index (χ1v) is 6.41. The quantitative estimate of drug-likeness (QED) is 0.561. The van der Waals surface area contributed by atoms with Crippen LogP contribution in [0.5, 0.6) is 0 Å². The van der Waals surface area contributed by atoms with Crippen molar-refractivity contribution in [2.75, 3.05) is 5.84 Å². The number of benzene rings is 1. The maximum Gasteiger partial charge on any atom is 0.214 e. The molecule has 7 heteroatoms. The molecule has 2 aromatic heterocycles. The summed E-state index contributed by atoms with van der Waals surface area (Å²) < 4.78 is 4.00. The van der Waals surface area contributed by atoms with Gasteiger partial charge in [0.1, 0.15) is 5.82 Å². The molecule has 0 amide bonds. The van der Waals surface area contributed by atoms with E-state index >= 15 is 0 Å². The maximum atomic E-state index is 5.79. The molecule has 0 aliphatic carbocycles. The van der Waals surface area contributed by atoms with Gasteiger partial charge >= 0.3 is 0 Å². The minimum Gasteiger partial charge on any atom is -0.335 e. The lowest BCUT2D eigenvalue weighted by Gasteiger charge is -2.06. The molecule has 19 heavy (non-hydrogen) atoms. The number of fused-ring (bicyclic) bond motifs is 1. The Hall–Kier alpha value is -2.15. The predicted molar refractivity (Wildman–Crippen MR) is 75.7 cm³/mol. The zero-order valence-corrected chi connectivity index (χ0v) is 11.3. The Labute approximate surface area is 114 Å². The van der Waals surface area contributed by atoms with Crippen LogP contribution >= 0.6 is 12.2 Å². The summed E-state index contributed by atoms with van der Waals surface area (Å²) in [4.78, 5) is 4.53. The molecule has 0 fully saturated rings. The second-order valence-electron chi connectivity index (χ2n) is 4.36. The summed E-state index contributed by atoms with van der Waals surface area (Å²) in [6.45, 7) is 2.77. The fourth-order valence-electron chi connectivity index (χ4n) is 2.20. The van der Waals surface area contributed by atoms with Crippen molar-refractivity contribution < 1.29 is 0 Å². The second kappa shape index (κ2) is 4.51. The summed E-state index contributed by atoms with van der Waals surface area (Å²) in [7, 11) is 0. The molecule has 3 rings (SSSR count). The molecule has 0 saturated carbocycles. The van der Waals surface area contributed by atoms with Crippen LogP contribution in [-0.2, 0) is 13.0 Å². The first kappa shape index (κ1) is 11.9. The molecule has 0 saturated heterocycles. The second-order valence-corrected chi connectivity index (χ2v) is 4.75. The molecule has 2 heterocycles. The van der Waals surface area contributed by atoms with Crippen LogP contribution in [0, 0.1) is 11.7 Å². The monoisotopic (exact) mass is 274 g/mol. The Bertz CT molecular complexity index is 781. The highest BCUT2D eigenvalue weighted by Crippen LogP contribution is 2.15. The standard InChI is InChI=1S/C12H14N6S/c1-8-14-9-4-2-3-5-10(9)17(8)7-6-11-15-16-12(19)18(11)13/h2-5H,6-7,13H2,1H3,(H,16,19). The van der Waals surface area contributed by atoms with E-state index < -0.39 is 0 Å². The smallest absolute Gasteiger partial charge is 0.214 e. The molecule has 0 aliphatic heterocycles. The number of rotatable bonds is 3. The van der Waals surface area contributed by atoms with E-state index in [4.69, 9.17) is 18.1 Å². The lowest BCUT2D eigenvalue weighted by molar-refractivity contribution is 0.654. The van der Waals surface area contributed by atoms with Crippen LogP contribution in [0.2, 0.25) is 0 Å². The normalized spacial score (nSPS) is 11.2. The van der Waals surface area contributed by atoms with Crippen molar-refractivity contribution in [1.29, 1.82) is 0 Å². The summed E-state index contributed by atoms with van der Waals surface area (Å²) in [6.07, 6.45) is 0.699. The van der Waals surface area contributed by atoms with Crippen LogP contribution in [0.1, 0.15) is 11.6 Å². The summed E-state index contributed by atoms with van der Waals surface area (Å²) in [5, 5.41) is 6.80. The van der Waals surface area contributed by atoms with E-state index in [1.807, 2.05) is 25.1 Å². The molecular formula is C12H14N6S. The molecule has 0 unspecified atom stereocenters. The lowest BCUT2D eigenvalue weighted by Crippen LogP contribution is -2.15. The number of nitrogens with one attached hydrogen (secondary N) is 1. The Kier molecular flexibility index (Phi) is 2.83. The molecule has 3 N–H and O–H groups in total. The lowest BCUT2D eigenvalue weighted by atomic mass is 10.3.